The van der Waals surface area contributed by atoms with Gasteiger partial charge in [0.2, 0.25) is 5.88 Å². The third-order valence-corrected chi connectivity index (χ3v) is 4.95. The number of nitrogen functional groups attached to an aromatic ring is 1. The molecule has 9 heteroatoms. The van der Waals surface area contributed by atoms with E-state index in [9.17, 15) is 4.79 Å². The first kappa shape index (κ1) is 20.2. The Morgan fingerprint density at radius 1 is 1.39 bits per heavy atom. The summed E-state index contributed by atoms with van der Waals surface area (Å²) in [5.74, 6) is 1.16. The van der Waals surface area contributed by atoms with E-state index in [1.165, 1.54) is 0 Å². The van der Waals surface area contributed by atoms with Gasteiger partial charge in [-0.05, 0) is 24.8 Å². The third kappa shape index (κ3) is 4.28. The average molecular weight is 406 g/mol. The number of nitrogens with two attached hydrogens (primary N) is 1. The highest BCUT2D eigenvalue weighted by Gasteiger charge is 2.17. The van der Waals surface area contributed by atoms with Crippen molar-refractivity contribution < 1.29 is 26.9 Å². The van der Waals surface area contributed by atoms with Crippen LogP contribution >= 0.6 is 0 Å². The predicted molar refractivity (Wildman–Crippen MR) is 101 cm³/mol. The number of pyridine rings is 2. The maximum absolute atomic E-state index is 12.4. The van der Waals surface area contributed by atoms with Crippen LogP contribution in [0.5, 0.6) is 5.88 Å². The van der Waals surface area contributed by atoms with E-state index >= 15 is 0 Å². The Bertz CT molecular complexity index is 993. The van der Waals surface area contributed by atoms with Gasteiger partial charge in [-0.1, -0.05) is 0 Å². The van der Waals surface area contributed by atoms with E-state index in [0.717, 1.165) is 37.3 Å². The Hall–Kier alpha value is -2.58. The summed E-state index contributed by atoms with van der Waals surface area (Å²) in [5.41, 5.74) is 9.11. The van der Waals surface area contributed by atoms with Crippen molar-refractivity contribution >= 4 is 16.9 Å². The zero-order valence-electron chi connectivity index (χ0n) is 15.7. The van der Waals surface area contributed by atoms with E-state index in [-0.39, 0.29) is 23.9 Å². The summed E-state index contributed by atoms with van der Waals surface area (Å²) in [5, 5.41) is 0. The molecule has 0 bridgehead atoms. The molecule has 4 N–H and O–H groups in total. The molecule has 0 aliphatic carbocycles. The second-order valence-corrected chi connectivity index (χ2v) is 7.00. The van der Waals surface area contributed by atoms with Crippen LogP contribution in [0.1, 0.15) is 24.1 Å². The van der Waals surface area contributed by atoms with E-state index in [4.69, 9.17) is 15.2 Å². The lowest BCUT2D eigenvalue weighted by Crippen LogP contribution is -3.00. The highest BCUT2D eigenvalue weighted by molar-refractivity contribution is 5.85. The van der Waals surface area contributed by atoms with E-state index in [0.29, 0.717) is 36.0 Å². The number of aromatic nitrogens is 4. The highest BCUT2D eigenvalue weighted by Crippen LogP contribution is 2.23. The molecule has 0 atom stereocenters. The summed E-state index contributed by atoms with van der Waals surface area (Å²) in [4.78, 5) is 22.7. The number of nitrogens with one attached hydrogen (secondary N) is 2. The number of H-pyrrole nitrogens is 2. The zero-order chi connectivity index (χ0) is 18.8. The fourth-order valence-electron chi connectivity index (χ4n) is 3.31. The van der Waals surface area contributed by atoms with Gasteiger partial charge in [0.05, 0.1) is 18.7 Å². The lowest BCUT2D eigenvalue weighted by atomic mass is 10.0. The Kier molecular flexibility index (Phi) is 6.21. The fourth-order valence-corrected chi connectivity index (χ4v) is 3.31. The van der Waals surface area contributed by atoms with Crippen molar-refractivity contribution in [3.63, 3.8) is 0 Å². The van der Waals surface area contributed by atoms with Crippen molar-refractivity contribution in [2.24, 2.45) is 5.92 Å². The molecular weight excluding hydrogens is 382 g/mol. The number of fused-ring (bicyclic) bond motifs is 1. The molecule has 1 aliphatic rings. The molecular formula is C19H24ClN5O3. The normalized spacial score (nSPS) is 14.8. The number of anilines is 1. The Morgan fingerprint density at radius 3 is 2.89 bits per heavy atom. The van der Waals surface area contributed by atoms with E-state index in [2.05, 4.69) is 15.0 Å². The molecule has 0 saturated carbocycles. The van der Waals surface area contributed by atoms with Crippen LogP contribution in [0, 0.1) is 12.8 Å². The van der Waals surface area contributed by atoms with Crippen LogP contribution in [0.4, 0.5) is 5.82 Å². The molecule has 1 aliphatic heterocycles. The summed E-state index contributed by atoms with van der Waals surface area (Å²) in [6.45, 7) is 4.53. The molecule has 0 radical (unpaired) electrons. The molecule has 0 spiro atoms. The summed E-state index contributed by atoms with van der Waals surface area (Å²) in [7, 11) is 0. The van der Waals surface area contributed by atoms with Crippen LogP contribution in [-0.4, -0.2) is 34.4 Å². The second-order valence-electron chi connectivity index (χ2n) is 7.00. The van der Waals surface area contributed by atoms with Crippen LogP contribution < -0.4 is 33.6 Å². The Morgan fingerprint density at radius 2 is 2.18 bits per heavy atom. The molecule has 0 aromatic carbocycles. The first-order chi connectivity index (χ1) is 13.1. The summed E-state index contributed by atoms with van der Waals surface area (Å²) >= 11 is 0. The molecule has 1 saturated heterocycles. The lowest BCUT2D eigenvalue weighted by molar-refractivity contribution is -0.388. The van der Waals surface area contributed by atoms with Gasteiger partial charge in [-0.3, -0.25) is 4.57 Å². The van der Waals surface area contributed by atoms with Crippen molar-refractivity contribution in [1.29, 1.82) is 0 Å². The molecule has 150 valence electrons. The van der Waals surface area contributed by atoms with E-state index in [1.54, 1.807) is 10.6 Å². The van der Waals surface area contributed by atoms with Crippen molar-refractivity contribution in [2.45, 2.75) is 26.3 Å². The molecule has 4 rings (SSSR count). The number of aryl methyl sites for hydroxylation is 1. The quantitative estimate of drug-likeness (QED) is 0.525. The van der Waals surface area contributed by atoms with Crippen LogP contribution in [0.15, 0.2) is 29.2 Å². The van der Waals surface area contributed by atoms with Crippen molar-refractivity contribution in [3.05, 3.63) is 46.1 Å². The van der Waals surface area contributed by atoms with Crippen LogP contribution in [0.3, 0.4) is 0 Å². The summed E-state index contributed by atoms with van der Waals surface area (Å²) < 4.78 is 12.9. The topological polar surface area (TPSA) is 109 Å². The molecule has 4 heterocycles. The summed E-state index contributed by atoms with van der Waals surface area (Å²) in [6.07, 6.45) is 3.86. The maximum atomic E-state index is 12.4. The van der Waals surface area contributed by atoms with Gasteiger partial charge in [0, 0.05) is 37.8 Å². The number of nitrogens with zero attached hydrogens (tertiary/aromatic N) is 2. The van der Waals surface area contributed by atoms with E-state index in [1.807, 2.05) is 25.3 Å². The number of aromatic amines is 2. The van der Waals surface area contributed by atoms with Crippen molar-refractivity contribution in [2.75, 3.05) is 25.6 Å². The number of ether oxygens (including phenoxy) is 2. The van der Waals surface area contributed by atoms with Gasteiger partial charge in [0.15, 0.2) is 17.7 Å². The van der Waals surface area contributed by atoms with E-state index < -0.39 is 0 Å². The standard InChI is InChI=1S/C19H23N5O3.ClH/c1-12-2-3-14(9-21-12)10-24-15-8-16(22-18(20)17(15)23-19(24)25)27-11-13-4-6-26-7-5-13;/h2-3,8-9,13H,4-7,10-11H2,1H3,(H2,20,22)(H,23,25);1H. The molecule has 1 fully saturated rings. The number of imidazole rings is 1. The first-order valence-corrected chi connectivity index (χ1v) is 9.17. The molecule has 0 unspecified atom stereocenters. The SMILES string of the molecule is Cc1ccc(Cn2c(=O)[nH]c3c(N)nc(OCC4CCOCC4)cc32)c[nH+]1.[Cl-]. The summed E-state index contributed by atoms with van der Waals surface area (Å²) in [6, 6.07) is 5.75. The smallest absolute Gasteiger partial charge is 0.326 e. The van der Waals surface area contributed by atoms with Gasteiger partial charge in [0.25, 0.3) is 0 Å². The monoisotopic (exact) mass is 405 g/mol. The Labute approximate surface area is 168 Å². The van der Waals surface area contributed by atoms with Gasteiger partial charge < -0.3 is 32.6 Å². The third-order valence-electron chi connectivity index (χ3n) is 4.95. The number of hydrogen-bond acceptors (Lipinski definition) is 5. The second kappa shape index (κ2) is 8.62. The van der Waals surface area contributed by atoms with Gasteiger partial charge in [-0.2, -0.15) is 4.98 Å². The predicted octanol–water partition coefficient (Wildman–Crippen LogP) is -1.71. The number of rotatable bonds is 5. The van der Waals surface area contributed by atoms with Crippen LogP contribution in [-0.2, 0) is 11.3 Å². The minimum Gasteiger partial charge on any atom is -1.00 e. The van der Waals surface area contributed by atoms with Crippen LogP contribution in [0.2, 0.25) is 0 Å². The molecule has 3 aromatic heterocycles. The highest BCUT2D eigenvalue weighted by atomic mass is 35.5. The minimum atomic E-state index is -0.222. The van der Waals surface area contributed by atoms with Crippen molar-refractivity contribution in [1.82, 2.24) is 14.5 Å². The van der Waals surface area contributed by atoms with Gasteiger partial charge >= 0.3 is 5.69 Å². The average Bonchev–Trinajstić information content (AvgIpc) is 2.99. The molecule has 0 amide bonds. The fraction of sp³-hybridized carbons (Fsp3) is 0.421. The van der Waals surface area contributed by atoms with Gasteiger partial charge in [-0.15, -0.1) is 0 Å². The van der Waals surface area contributed by atoms with Gasteiger partial charge in [0.1, 0.15) is 5.52 Å². The lowest BCUT2D eigenvalue weighted by Gasteiger charge is -2.21. The maximum Gasteiger partial charge on any atom is 0.326 e. The number of hydrogen-bond donors (Lipinski definition) is 2. The molecule has 28 heavy (non-hydrogen) atoms. The minimum absolute atomic E-state index is 0. The first-order valence-electron chi connectivity index (χ1n) is 9.17. The van der Waals surface area contributed by atoms with Crippen LogP contribution in [0.25, 0.3) is 11.0 Å². The van der Waals surface area contributed by atoms with Crippen molar-refractivity contribution in [3.8, 4) is 5.88 Å². The molecule has 8 nitrogen and oxygen atoms in total. The Balaban J connectivity index is 0.00000225. The zero-order valence-corrected chi connectivity index (χ0v) is 16.5. The largest absolute Gasteiger partial charge is 1.00 e. The van der Waals surface area contributed by atoms with Gasteiger partial charge in [-0.25, -0.2) is 9.78 Å². The molecule has 3 aromatic rings. The number of halogens is 1.